The van der Waals surface area contributed by atoms with Crippen LogP contribution in [0.3, 0.4) is 0 Å². The smallest absolute Gasteiger partial charge is 0.364 e. The zero-order chi connectivity index (χ0) is 23.9. The van der Waals surface area contributed by atoms with Crippen molar-refractivity contribution in [3.63, 3.8) is 0 Å². The summed E-state index contributed by atoms with van der Waals surface area (Å²) in [5, 5.41) is 41.5. The highest BCUT2D eigenvalue weighted by atomic mass is 16.7. The highest BCUT2D eigenvalue weighted by molar-refractivity contribution is 5.78. The summed E-state index contributed by atoms with van der Waals surface area (Å²) in [6, 6.07) is -1.49. The van der Waals surface area contributed by atoms with E-state index in [1.54, 1.807) is 0 Å². The number of amides is 1. The van der Waals surface area contributed by atoms with Crippen LogP contribution in [0.5, 0.6) is 0 Å². The highest BCUT2D eigenvalue weighted by Gasteiger charge is 2.56. The Bertz CT molecular complexity index is 710. The Balaban J connectivity index is 3.46. The Morgan fingerprint density at radius 2 is 1.74 bits per heavy atom. The predicted molar refractivity (Wildman–Crippen MR) is 94.8 cm³/mol. The third-order valence-electron chi connectivity index (χ3n) is 4.15. The molecule has 0 aromatic heterocycles. The second-order valence-corrected chi connectivity index (χ2v) is 6.72. The molecule has 0 saturated carbocycles. The van der Waals surface area contributed by atoms with Gasteiger partial charge in [0.15, 0.2) is 6.10 Å². The van der Waals surface area contributed by atoms with E-state index in [1.165, 1.54) is 0 Å². The normalized spacial score (nSPS) is 27.4. The van der Waals surface area contributed by atoms with Gasteiger partial charge in [0.25, 0.3) is 5.79 Å². The molecule has 14 heteroatoms. The number of esters is 3. The third kappa shape index (κ3) is 7.43. The van der Waals surface area contributed by atoms with E-state index in [9.17, 15) is 39.3 Å². The van der Waals surface area contributed by atoms with Crippen molar-refractivity contribution >= 4 is 29.8 Å². The molecule has 6 atom stereocenters. The van der Waals surface area contributed by atoms with Gasteiger partial charge in [-0.25, -0.2) is 4.79 Å². The second kappa shape index (κ2) is 11.0. The van der Waals surface area contributed by atoms with E-state index in [0.717, 1.165) is 20.8 Å². The molecule has 0 radical (unpaired) electrons. The molecule has 14 nitrogen and oxygen atoms in total. The SMILES string of the molecule is CC(=O)OCC(O)C(OC(C)=O)[C@@H]1OC(O)(C(=O)O)C[C@H](OC(C)=O)[C@H]1NC(=O)CO. The Labute approximate surface area is 176 Å². The van der Waals surface area contributed by atoms with Crippen LogP contribution in [0.1, 0.15) is 27.2 Å². The first-order valence-electron chi connectivity index (χ1n) is 9.00. The fourth-order valence-corrected chi connectivity index (χ4v) is 2.96. The number of aliphatic hydroxyl groups is 3. The van der Waals surface area contributed by atoms with Gasteiger partial charge in [-0.3, -0.25) is 19.2 Å². The Morgan fingerprint density at radius 3 is 2.19 bits per heavy atom. The molecule has 1 aliphatic rings. The van der Waals surface area contributed by atoms with Gasteiger partial charge in [0.2, 0.25) is 5.91 Å². The minimum Gasteiger partial charge on any atom is -0.477 e. The van der Waals surface area contributed by atoms with Gasteiger partial charge in [-0.2, -0.15) is 0 Å². The minimum absolute atomic E-state index is 0.725. The zero-order valence-electron chi connectivity index (χ0n) is 17.0. The average molecular weight is 451 g/mol. The van der Waals surface area contributed by atoms with Crippen molar-refractivity contribution in [3.8, 4) is 0 Å². The third-order valence-corrected chi connectivity index (χ3v) is 4.15. The number of aliphatic carboxylic acids is 1. The molecule has 1 heterocycles. The highest BCUT2D eigenvalue weighted by Crippen LogP contribution is 2.33. The van der Waals surface area contributed by atoms with Gasteiger partial charge < -0.3 is 44.7 Å². The summed E-state index contributed by atoms with van der Waals surface area (Å²) in [6.45, 7) is 1.22. The standard InChI is InChI=1S/C17H25NO13/c1-7(20)28-6-10(23)14(30-9(3)22)15-13(18-12(24)5-19)11(29-8(2)21)4-17(27,31-15)16(25)26/h10-11,13-15,19,23,27H,4-6H2,1-3H3,(H,18,24)(H,25,26)/t10?,11-,13+,14?,15+,17?/m0/s1. The number of hydrogen-bond acceptors (Lipinski definition) is 12. The summed E-state index contributed by atoms with van der Waals surface area (Å²) in [7, 11) is 0. The molecule has 1 rings (SSSR count). The lowest BCUT2D eigenvalue weighted by Gasteiger charge is -2.46. The molecule has 1 aliphatic heterocycles. The van der Waals surface area contributed by atoms with Crippen molar-refractivity contribution in [1.29, 1.82) is 0 Å². The van der Waals surface area contributed by atoms with Crippen molar-refractivity contribution < 1.29 is 63.3 Å². The summed E-state index contributed by atoms with van der Waals surface area (Å²) in [4.78, 5) is 57.5. The molecule has 1 amide bonds. The first kappa shape index (κ1) is 26.2. The molecular formula is C17H25NO13. The minimum atomic E-state index is -2.97. The molecule has 0 aromatic rings. The van der Waals surface area contributed by atoms with Crippen LogP contribution in [0.15, 0.2) is 0 Å². The molecule has 5 N–H and O–H groups in total. The molecule has 0 spiro atoms. The molecule has 0 bridgehead atoms. The maximum Gasteiger partial charge on any atom is 0.364 e. The van der Waals surface area contributed by atoms with Crippen molar-refractivity contribution in [3.05, 3.63) is 0 Å². The number of nitrogens with one attached hydrogen (secondary N) is 1. The van der Waals surface area contributed by atoms with Gasteiger partial charge in [0.1, 0.15) is 31.5 Å². The number of carbonyl (C=O) groups is 5. The maximum absolute atomic E-state index is 11.8. The van der Waals surface area contributed by atoms with Crippen LogP contribution >= 0.6 is 0 Å². The molecule has 0 aliphatic carbocycles. The fraction of sp³-hybridized carbons (Fsp3) is 0.706. The van der Waals surface area contributed by atoms with E-state index in [4.69, 9.17) is 19.3 Å². The molecule has 1 fully saturated rings. The largest absolute Gasteiger partial charge is 0.477 e. The van der Waals surface area contributed by atoms with Crippen molar-refractivity contribution in [1.82, 2.24) is 5.32 Å². The summed E-state index contributed by atoms with van der Waals surface area (Å²) >= 11 is 0. The molecule has 176 valence electrons. The van der Waals surface area contributed by atoms with Gasteiger partial charge in [-0.15, -0.1) is 0 Å². The summed E-state index contributed by atoms with van der Waals surface area (Å²) in [6.07, 6.45) is -7.80. The van der Waals surface area contributed by atoms with E-state index < -0.39 is 85.7 Å². The summed E-state index contributed by atoms with van der Waals surface area (Å²) < 4.78 is 19.8. The number of ether oxygens (including phenoxy) is 4. The molecule has 3 unspecified atom stereocenters. The number of hydrogen-bond donors (Lipinski definition) is 5. The molecule has 0 aromatic carbocycles. The molecular weight excluding hydrogens is 426 g/mol. The Hall–Kier alpha value is -2.81. The van der Waals surface area contributed by atoms with Crippen LogP contribution < -0.4 is 5.32 Å². The van der Waals surface area contributed by atoms with E-state index in [1.807, 2.05) is 0 Å². The second-order valence-electron chi connectivity index (χ2n) is 6.72. The van der Waals surface area contributed by atoms with Gasteiger partial charge in [-0.05, 0) is 0 Å². The van der Waals surface area contributed by atoms with Crippen molar-refractivity contribution in [2.45, 2.75) is 63.4 Å². The van der Waals surface area contributed by atoms with Gasteiger partial charge in [0.05, 0.1) is 12.5 Å². The predicted octanol–water partition coefficient (Wildman–Crippen LogP) is -3.19. The zero-order valence-corrected chi connectivity index (χ0v) is 17.0. The average Bonchev–Trinajstić information content (AvgIpc) is 2.65. The number of carboxylic acid groups (broad SMARTS) is 1. The lowest BCUT2D eigenvalue weighted by molar-refractivity contribution is -0.297. The number of rotatable bonds is 9. The van der Waals surface area contributed by atoms with Gasteiger partial charge in [-0.1, -0.05) is 0 Å². The Morgan fingerprint density at radius 1 is 1.13 bits per heavy atom. The first-order chi connectivity index (χ1) is 14.3. The van der Waals surface area contributed by atoms with Gasteiger partial charge in [0, 0.05) is 20.8 Å². The quantitative estimate of drug-likeness (QED) is 0.173. The summed E-state index contributed by atoms with van der Waals surface area (Å²) in [5.41, 5.74) is 0. The fourth-order valence-electron chi connectivity index (χ4n) is 2.96. The topological polar surface area (TPSA) is 215 Å². The lowest BCUT2D eigenvalue weighted by Crippen LogP contribution is -2.68. The van der Waals surface area contributed by atoms with E-state index >= 15 is 0 Å². The summed E-state index contributed by atoms with van der Waals surface area (Å²) in [5.74, 6) is -8.55. The van der Waals surface area contributed by atoms with Crippen LogP contribution in [0.25, 0.3) is 0 Å². The van der Waals surface area contributed by atoms with Crippen LogP contribution in [-0.4, -0.2) is 99.7 Å². The van der Waals surface area contributed by atoms with Crippen molar-refractivity contribution in [2.75, 3.05) is 13.2 Å². The van der Waals surface area contributed by atoms with Crippen molar-refractivity contribution in [2.24, 2.45) is 0 Å². The molecule has 31 heavy (non-hydrogen) atoms. The van der Waals surface area contributed by atoms with Crippen LogP contribution in [0.2, 0.25) is 0 Å². The number of carbonyl (C=O) groups excluding carboxylic acids is 4. The van der Waals surface area contributed by atoms with Crippen LogP contribution in [-0.2, 0) is 42.9 Å². The maximum atomic E-state index is 11.8. The van der Waals surface area contributed by atoms with Crippen LogP contribution in [0, 0.1) is 0 Å². The molecule has 1 saturated heterocycles. The lowest BCUT2D eigenvalue weighted by atomic mass is 9.88. The first-order valence-corrected chi connectivity index (χ1v) is 9.00. The van der Waals surface area contributed by atoms with E-state index in [-0.39, 0.29) is 0 Å². The number of aliphatic hydroxyl groups excluding tert-OH is 2. The van der Waals surface area contributed by atoms with Gasteiger partial charge >= 0.3 is 23.9 Å². The Kier molecular flexibility index (Phi) is 9.30. The number of carboxylic acids is 1. The van der Waals surface area contributed by atoms with Crippen LogP contribution in [0.4, 0.5) is 0 Å². The van der Waals surface area contributed by atoms with E-state index in [2.05, 4.69) is 10.1 Å². The monoisotopic (exact) mass is 451 g/mol. The van der Waals surface area contributed by atoms with E-state index in [0.29, 0.717) is 0 Å².